The molecule has 0 aromatic carbocycles. The number of halogens is 2. The van der Waals surface area contributed by atoms with Crippen LogP contribution < -0.4 is 4.90 Å². The molecule has 0 saturated heterocycles. The summed E-state index contributed by atoms with van der Waals surface area (Å²) in [5.41, 5.74) is 0.386. The van der Waals surface area contributed by atoms with Crippen LogP contribution in [-0.4, -0.2) is 39.4 Å². The van der Waals surface area contributed by atoms with Gasteiger partial charge in [0.25, 0.3) is 0 Å². The van der Waals surface area contributed by atoms with Gasteiger partial charge in [-0.05, 0) is 43.5 Å². The number of pyridine rings is 1. The molecule has 1 amide bonds. The number of amides is 1. The Balaban J connectivity index is 1.62. The maximum absolute atomic E-state index is 14.6. The molecule has 10 heteroatoms. The highest BCUT2D eigenvalue weighted by Crippen LogP contribution is 2.45. The van der Waals surface area contributed by atoms with E-state index in [-0.39, 0.29) is 12.4 Å². The van der Waals surface area contributed by atoms with Gasteiger partial charge in [-0.2, -0.15) is 0 Å². The second-order valence-corrected chi connectivity index (χ2v) is 9.45. The number of aromatic nitrogens is 4. The number of unbranched alkanes of at least 4 members (excludes halogenated alkanes) is 1. The third-order valence-electron chi connectivity index (χ3n) is 5.81. The zero-order valence-corrected chi connectivity index (χ0v) is 19.9. The normalized spacial score (nSPS) is 14.5. The Morgan fingerprint density at radius 2 is 2.12 bits per heavy atom. The molecule has 1 saturated carbocycles. The fourth-order valence-corrected chi connectivity index (χ4v) is 4.80. The molecule has 0 N–H and O–H groups in total. The maximum atomic E-state index is 14.6. The topological polar surface area (TPSA) is 81.1 Å². The molecule has 174 valence electrons. The first-order valence-corrected chi connectivity index (χ1v) is 12.3. The predicted octanol–water partition coefficient (Wildman–Crippen LogP) is 5.74. The Bertz CT molecular complexity index is 1090. The molecule has 33 heavy (non-hydrogen) atoms. The highest BCUT2D eigenvalue weighted by molar-refractivity contribution is 7.15. The minimum atomic E-state index is -0.583. The second kappa shape index (κ2) is 10.5. The first-order valence-electron chi connectivity index (χ1n) is 11.0. The van der Waals surface area contributed by atoms with Gasteiger partial charge in [-0.25, -0.2) is 14.2 Å². The molecule has 0 bridgehead atoms. The van der Waals surface area contributed by atoms with E-state index in [4.69, 9.17) is 16.3 Å². The molecule has 1 aliphatic rings. The van der Waals surface area contributed by atoms with Crippen molar-refractivity contribution in [3.63, 3.8) is 0 Å². The molecule has 1 fully saturated rings. The van der Waals surface area contributed by atoms with Crippen molar-refractivity contribution in [2.24, 2.45) is 0 Å². The van der Waals surface area contributed by atoms with Crippen LogP contribution in [0.2, 0.25) is 0 Å². The van der Waals surface area contributed by atoms with Gasteiger partial charge < -0.3 is 4.74 Å². The third-order valence-corrected chi connectivity index (χ3v) is 7.27. The summed E-state index contributed by atoms with van der Waals surface area (Å²) in [6.07, 6.45) is 6.83. The van der Waals surface area contributed by atoms with Crippen LogP contribution in [0.15, 0.2) is 36.7 Å². The first-order chi connectivity index (χ1) is 16.1. The van der Waals surface area contributed by atoms with Crippen LogP contribution in [-0.2, 0) is 16.0 Å². The quantitative estimate of drug-likeness (QED) is 0.281. The molecule has 0 atom stereocenters. The zero-order chi connectivity index (χ0) is 23.3. The molecule has 0 spiro atoms. The Morgan fingerprint density at radius 3 is 2.73 bits per heavy atom. The Hall–Kier alpha value is -2.65. The smallest absolute Gasteiger partial charge is 0.415 e. The number of thiazole rings is 1. The summed E-state index contributed by atoms with van der Waals surface area (Å²) >= 11 is 7.31. The summed E-state index contributed by atoms with van der Waals surface area (Å²) in [5.74, 6) is 0.362. The lowest BCUT2D eigenvalue weighted by Gasteiger charge is -2.43. The highest BCUT2D eigenvalue weighted by Gasteiger charge is 2.45. The van der Waals surface area contributed by atoms with Crippen LogP contribution >= 0.6 is 22.9 Å². The molecule has 3 aromatic heterocycles. The lowest BCUT2D eigenvalue weighted by molar-refractivity contribution is 0.145. The van der Waals surface area contributed by atoms with Gasteiger partial charge in [-0.3, -0.25) is 9.88 Å². The van der Waals surface area contributed by atoms with E-state index in [1.807, 2.05) is 6.92 Å². The molecule has 7 nitrogen and oxygen atoms in total. The summed E-state index contributed by atoms with van der Waals surface area (Å²) in [5, 5.41) is 9.27. The van der Waals surface area contributed by atoms with Crippen molar-refractivity contribution in [2.45, 2.75) is 50.3 Å². The Labute approximate surface area is 201 Å². The zero-order valence-electron chi connectivity index (χ0n) is 18.3. The van der Waals surface area contributed by atoms with E-state index in [2.05, 4.69) is 20.2 Å². The molecular weight excluding hydrogens is 465 g/mol. The standard InChI is InChI=1S/C23H25ClFN5O2S/c1-2-3-12-32-22(31)30(15-23(9-5-10-23)20-17(25)6-4-11-26-20)19-8-7-18(28-29-19)21-27-14-16(13-24)33-21/h4,6-8,11,14H,2-3,5,9-10,12-13,15H2,1H3. The molecule has 1 aliphatic carbocycles. The maximum Gasteiger partial charge on any atom is 0.415 e. The molecule has 0 unspecified atom stereocenters. The van der Waals surface area contributed by atoms with Gasteiger partial charge >= 0.3 is 6.09 Å². The highest BCUT2D eigenvalue weighted by atomic mass is 35.5. The van der Waals surface area contributed by atoms with Gasteiger partial charge in [0, 0.05) is 29.2 Å². The Kier molecular flexibility index (Phi) is 7.49. The number of carbonyl (C=O) groups excluding carboxylic acids is 1. The number of anilines is 1. The second-order valence-electron chi connectivity index (χ2n) is 8.06. The predicted molar refractivity (Wildman–Crippen MR) is 126 cm³/mol. The van der Waals surface area contributed by atoms with E-state index >= 15 is 0 Å². The van der Waals surface area contributed by atoms with Crippen molar-refractivity contribution in [1.29, 1.82) is 0 Å². The van der Waals surface area contributed by atoms with E-state index in [1.165, 1.54) is 22.3 Å². The van der Waals surface area contributed by atoms with Gasteiger partial charge in [0.1, 0.15) is 16.5 Å². The number of ether oxygens (including phenoxy) is 1. The molecular formula is C23H25ClFN5O2S. The fourth-order valence-electron chi connectivity index (χ4n) is 3.84. The SMILES string of the molecule is CCCCOC(=O)N(CC1(c2ncccc2F)CCC1)c1ccc(-c2ncc(CCl)s2)nn1. The van der Waals surface area contributed by atoms with Gasteiger partial charge in [0.2, 0.25) is 0 Å². The molecule has 0 aliphatic heterocycles. The van der Waals surface area contributed by atoms with Gasteiger partial charge in [0.15, 0.2) is 5.82 Å². The number of alkyl halides is 1. The number of nitrogens with zero attached hydrogens (tertiary/aromatic N) is 5. The van der Waals surface area contributed by atoms with E-state index in [0.29, 0.717) is 34.7 Å². The minimum absolute atomic E-state index is 0.216. The van der Waals surface area contributed by atoms with Gasteiger partial charge in [-0.1, -0.05) is 19.8 Å². The lowest BCUT2D eigenvalue weighted by atomic mass is 9.66. The van der Waals surface area contributed by atoms with E-state index in [0.717, 1.165) is 37.0 Å². The Morgan fingerprint density at radius 1 is 1.27 bits per heavy atom. The van der Waals surface area contributed by atoms with Crippen LogP contribution in [0.5, 0.6) is 0 Å². The summed E-state index contributed by atoms with van der Waals surface area (Å²) in [7, 11) is 0. The van der Waals surface area contributed by atoms with E-state index in [1.54, 1.807) is 30.6 Å². The molecule has 3 aromatic rings. The van der Waals surface area contributed by atoms with Crippen molar-refractivity contribution in [1.82, 2.24) is 20.2 Å². The fraction of sp³-hybridized carbons (Fsp3) is 0.435. The molecule has 0 radical (unpaired) electrons. The van der Waals surface area contributed by atoms with Crippen LogP contribution in [0.3, 0.4) is 0 Å². The van der Waals surface area contributed by atoms with Crippen LogP contribution in [0, 0.1) is 5.82 Å². The molecule has 3 heterocycles. The van der Waals surface area contributed by atoms with Gasteiger partial charge in [-0.15, -0.1) is 33.1 Å². The summed E-state index contributed by atoms with van der Waals surface area (Å²) in [4.78, 5) is 24.1. The van der Waals surface area contributed by atoms with E-state index < -0.39 is 11.5 Å². The number of hydrogen-bond acceptors (Lipinski definition) is 7. The lowest BCUT2D eigenvalue weighted by Crippen LogP contribution is -2.49. The van der Waals surface area contributed by atoms with Crippen molar-refractivity contribution >= 4 is 34.8 Å². The van der Waals surface area contributed by atoms with Crippen molar-refractivity contribution in [2.75, 3.05) is 18.1 Å². The van der Waals surface area contributed by atoms with Crippen LogP contribution in [0.1, 0.15) is 49.6 Å². The first kappa shape index (κ1) is 23.5. The minimum Gasteiger partial charge on any atom is -0.449 e. The number of rotatable bonds is 9. The summed E-state index contributed by atoms with van der Waals surface area (Å²) in [6, 6.07) is 6.46. The van der Waals surface area contributed by atoms with Gasteiger partial charge in [0.05, 0.1) is 18.2 Å². The third kappa shape index (κ3) is 5.14. The van der Waals surface area contributed by atoms with Crippen molar-refractivity contribution < 1.29 is 13.9 Å². The van der Waals surface area contributed by atoms with Crippen molar-refractivity contribution in [3.8, 4) is 10.7 Å². The summed E-state index contributed by atoms with van der Waals surface area (Å²) < 4.78 is 20.1. The monoisotopic (exact) mass is 489 g/mol. The number of carbonyl (C=O) groups is 1. The average Bonchev–Trinajstić information content (AvgIpc) is 3.29. The van der Waals surface area contributed by atoms with Crippen LogP contribution in [0.4, 0.5) is 15.0 Å². The average molecular weight is 490 g/mol. The van der Waals surface area contributed by atoms with E-state index in [9.17, 15) is 9.18 Å². The van der Waals surface area contributed by atoms with Crippen LogP contribution in [0.25, 0.3) is 10.7 Å². The number of hydrogen-bond donors (Lipinski definition) is 0. The summed E-state index contributed by atoms with van der Waals surface area (Å²) in [6.45, 7) is 2.55. The largest absolute Gasteiger partial charge is 0.449 e. The molecule has 4 rings (SSSR count). The van der Waals surface area contributed by atoms with Crippen molar-refractivity contribution in [3.05, 3.63) is 53.0 Å².